The Morgan fingerprint density at radius 3 is 1.94 bits per heavy atom. The number of fused-ring (bicyclic) bond motifs is 1. The number of H-pyrrole nitrogens is 1. The molecule has 5 heteroatoms. The molecule has 3 aromatic carbocycles. The van der Waals surface area contributed by atoms with Crippen LogP contribution in [0, 0.1) is 0 Å². The lowest BCUT2D eigenvalue weighted by Crippen LogP contribution is -2.27. The summed E-state index contributed by atoms with van der Waals surface area (Å²) in [6.07, 6.45) is 1.82. The number of para-hydroxylation sites is 1. The molecule has 1 N–H and O–H groups in total. The summed E-state index contributed by atoms with van der Waals surface area (Å²) in [5, 5.41) is 0. The number of Topliss-reactive ketones (excluding diaryl/α,β-unsaturated/α-hetero) is 1. The summed E-state index contributed by atoms with van der Waals surface area (Å²) in [6.45, 7) is 0. The van der Waals surface area contributed by atoms with Crippen molar-refractivity contribution in [1.82, 2.24) is 9.97 Å². The minimum Gasteiger partial charge on any atom is -0.315 e. The number of nitrogens with one attached hydrogen (secondary N) is 1. The first kappa shape index (κ1) is 18.6. The van der Waals surface area contributed by atoms with E-state index in [4.69, 9.17) is 0 Å². The number of benzene rings is 3. The monoisotopic (exact) mass is 403 g/mol. The molecule has 5 nitrogen and oxygen atoms in total. The van der Waals surface area contributed by atoms with Crippen molar-refractivity contribution in [3.05, 3.63) is 118 Å². The van der Waals surface area contributed by atoms with Crippen molar-refractivity contribution in [2.75, 3.05) is 0 Å². The van der Waals surface area contributed by atoms with Crippen LogP contribution in [0.25, 0.3) is 22.9 Å². The van der Waals surface area contributed by atoms with Gasteiger partial charge in [0.2, 0.25) is 5.78 Å². The lowest BCUT2D eigenvalue weighted by atomic mass is 9.90. The summed E-state index contributed by atoms with van der Waals surface area (Å²) in [6, 6.07) is 28.1. The van der Waals surface area contributed by atoms with Crippen molar-refractivity contribution >= 4 is 28.8 Å². The van der Waals surface area contributed by atoms with E-state index in [-0.39, 0.29) is 22.9 Å². The second-order valence-electron chi connectivity index (χ2n) is 7.09. The average molecular weight is 403 g/mol. The fourth-order valence-electron chi connectivity index (χ4n) is 3.56. The number of hydrogen-bond donors (Lipinski definition) is 1. The highest BCUT2D eigenvalue weighted by atomic mass is 16.1. The van der Waals surface area contributed by atoms with Crippen LogP contribution in [0.5, 0.6) is 0 Å². The smallest absolute Gasteiger partial charge is 0.275 e. The Bertz CT molecular complexity index is 1390. The zero-order chi connectivity index (χ0) is 21.2. The number of aromatic nitrogens is 2. The molecule has 0 unspecified atom stereocenters. The molecule has 0 aliphatic heterocycles. The number of carbonyl (C=O) groups excluding carboxylic acids is 1. The number of hydrogen-bond acceptors (Lipinski definition) is 4. The molecular weight excluding hydrogens is 386 g/mol. The molecule has 1 heterocycles. The zero-order valence-corrected chi connectivity index (χ0v) is 16.4. The molecule has 0 atom stereocenters. The minimum absolute atomic E-state index is 0.152. The van der Waals surface area contributed by atoms with Gasteiger partial charge in [-0.2, -0.15) is 0 Å². The van der Waals surface area contributed by atoms with Crippen molar-refractivity contribution < 1.29 is 4.79 Å². The van der Waals surface area contributed by atoms with E-state index in [1.807, 2.05) is 97.1 Å². The summed E-state index contributed by atoms with van der Waals surface area (Å²) >= 11 is 0. The number of carbonyl (C=O) groups is 1. The highest BCUT2D eigenvalue weighted by Crippen LogP contribution is 2.29. The second-order valence-corrected chi connectivity index (χ2v) is 7.09. The normalized spacial score (nSPS) is 14.3. The summed E-state index contributed by atoms with van der Waals surface area (Å²) < 4.78 is 0. The molecule has 1 aromatic heterocycles. The molecular formula is C26H17N3O2. The Balaban J connectivity index is 1.74. The fraction of sp³-hybridized carbons (Fsp3) is 0. The topological polar surface area (TPSA) is 75.2 Å². The van der Waals surface area contributed by atoms with E-state index in [1.165, 1.54) is 0 Å². The van der Waals surface area contributed by atoms with E-state index in [0.29, 0.717) is 22.5 Å². The molecule has 4 aromatic rings. The highest BCUT2D eigenvalue weighted by Gasteiger charge is 2.29. The SMILES string of the molecule is O=C1C(=Nc2ccccc2)C(c2ccccc2)=Cc2nc(-c3ccccc3)c(=O)[nH]c21. The second kappa shape index (κ2) is 7.80. The molecule has 0 bridgehead atoms. The Hall–Kier alpha value is -4.38. The molecule has 5 rings (SSSR count). The minimum atomic E-state index is -0.408. The Morgan fingerprint density at radius 1 is 0.710 bits per heavy atom. The Morgan fingerprint density at radius 2 is 1.29 bits per heavy atom. The molecule has 0 spiro atoms. The van der Waals surface area contributed by atoms with Crippen LogP contribution in [-0.4, -0.2) is 21.5 Å². The van der Waals surface area contributed by atoms with Gasteiger partial charge in [-0.15, -0.1) is 0 Å². The molecule has 1 aliphatic carbocycles. The largest absolute Gasteiger partial charge is 0.315 e. The number of rotatable bonds is 3. The van der Waals surface area contributed by atoms with E-state index >= 15 is 0 Å². The van der Waals surface area contributed by atoms with Crippen molar-refractivity contribution in [1.29, 1.82) is 0 Å². The summed E-state index contributed by atoms with van der Waals surface area (Å²) in [4.78, 5) is 38.1. The van der Waals surface area contributed by atoms with Gasteiger partial charge in [0.15, 0.2) is 0 Å². The van der Waals surface area contributed by atoms with Gasteiger partial charge in [0.1, 0.15) is 17.1 Å². The first-order valence-corrected chi connectivity index (χ1v) is 9.86. The third-order valence-electron chi connectivity index (χ3n) is 5.05. The number of ketones is 1. The van der Waals surface area contributed by atoms with Crippen molar-refractivity contribution in [3.63, 3.8) is 0 Å². The molecule has 31 heavy (non-hydrogen) atoms. The highest BCUT2D eigenvalue weighted by molar-refractivity contribution is 6.63. The number of aliphatic imine (C=N–C) groups is 1. The molecule has 1 aliphatic rings. The summed E-state index contributed by atoms with van der Waals surface area (Å²) in [7, 11) is 0. The van der Waals surface area contributed by atoms with Gasteiger partial charge < -0.3 is 4.98 Å². The quantitative estimate of drug-likeness (QED) is 0.526. The van der Waals surface area contributed by atoms with Crippen molar-refractivity contribution in [2.45, 2.75) is 0 Å². The summed E-state index contributed by atoms with van der Waals surface area (Å²) in [5.41, 5.74) is 3.59. The van der Waals surface area contributed by atoms with E-state index in [9.17, 15) is 9.59 Å². The first-order valence-electron chi connectivity index (χ1n) is 9.86. The van der Waals surface area contributed by atoms with E-state index in [1.54, 1.807) is 0 Å². The number of aromatic amines is 1. The lowest BCUT2D eigenvalue weighted by Gasteiger charge is -2.18. The van der Waals surface area contributed by atoms with Crippen molar-refractivity contribution in [3.8, 4) is 11.3 Å². The zero-order valence-electron chi connectivity index (χ0n) is 16.4. The van der Waals surface area contributed by atoms with Crippen LogP contribution in [0.2, 0.25) is 0 Å². The van der Waals surface area contributed by atoms with Gasteiger partial charge in [0.05, 0.1) is 11.4 Å². The van der Waals surface area contributed by atoms with Crippen LogP contribution in [0.4, 0.5) is 5.69 Å². The predicted octanol–water partition coefficient (Wildman–Crippen LogP) is 4.95. The predicted molar refractivity (Wildman–Crippen MR) is 122 cm³/mol. The standard InChI is InChI=1S/C26H17N3O2/c30-25-23(27-19-14-8-3-9-15-19)20(17-10-4-1-5-11-17)16-21-24(25)29-26(31)22(28-21)18-12-6-2-7-13-18/h1-16H,(H,29,31). The third kappa shape index (κ3) is 3.53. The van der Waals surface area contributed by atoms with Gasteiger partial charge in [0, 0.05) is 11.1 Å². The van der Waals surface area contributed by atoms with E-state index < -0.39 is 5.56 Å². The van der Waals surface area contributed by atoms with Crippen LogP contribution in [-0.2, 0) is 0 Å². The van der Waals surface area contributed by atoms with E-state index in [0.717, 1.165) is 5.56 Å². The Labute approximate surface area is 178 Å². The Kier molecular flexibility index (Phi) is 4.69. The van der Waals surface area contributed by atoms with Crippen molar-refractivity contribution in [2.24, 2.45) is 4.99 Å². The molecule has 0 radical (unpaired) electrons. The third-order valence-corrected chi connectivity index (χ3v) is 5.05. The first-order chi connectivity index (χ1) is 15.2. The summed E-state index contributed by atoms with van der Waals surface area (Å²) in [5.74, 6) is -0.357. The van der Waals surface area contributed by atoms with E-state index in [2.05, 4.69) is 15.0 Å². The number of allylic oxidation sites excluding steroid dienone is 1. The number of nitrogens with zero attached hydrogens (tertiary/aromatic N) is 2. The van der Waals surface area contributed by atoms with Crippen LogP contribution in [0.3, 0.4) is 0 Å². The molecule has 0 saturated carbocycles. The van der Waals surface area contributed by atoms with Crippen LogP contribution < -0.4 is 5.56 Å². The molecule has 148 valence electrons. The molecule has 0 saturated heterocycles. The van der Waals surface area contributed by atoms with Crippen LogP contribution >= 0.6 is 0 Å². The van der Waals surface area contributed by atoms with Gasteiger partial charge >= 0.3 is 0 Å². The average Bonchev–Trinajstić information content (AvgIpc) is 2.82. The fourth-order valence-corrected chi connectivity index (χ4v) is 3.56. The van der Waals surface area contributed by atoms with Gasteiger partial charge in [0.25, 0.3) is 5.56 Å². The maximum Gasteiger partial charge on any atom is 0.275 e. The van der Waals surface area contributed by atoms with Crippen LogP contribution in [0.15, 0.2) is 101 Å². The van der Waals surface area contributed by atoms with Gasteiger partial charge in [-0.25, -0.2) is 9.98 Å². The van der Waals surface area contributed by atoms with Gasteiger partial charge in [-0.05, 0) is 23.8 Å². The maximum absolute atomic E-state index is 13.4. The maximum atomic E-state index is 13.4. The molecule has 0 amide bonds. The van der Waals surface area contributed by atoms with Gasteiger partial charge in [-0.3, -0.25) is 9.59 Å². The van der Waals surface area contributed by atoms with Gasteiger partial charge in [-0.1, -0.05) is 78.9 Å². The van der Waals surface area contributed by atoms with Crippen LogP contribution in [0.1, 0.15) is 21.7 Å². The lowest BCUT2D eigenvalue weighted by molar-refractivity contribution is 0.106. The molecule has 0 fully saturated rings.